The highest BCUT2D eigenvalue weighted by atomic mass is 32.1. The normalized spacial score (nSPS) is 17.4. The van der Waals surface area contributed by atoms with E-state index in [4.69, 9.17) is 4.74 Å². The maximum absolute atomic E-state index is 10.9. The van der Waals surface area contributed by atoms with Crippen molar-refractivity contribution in [2.75, 3.05) is 19.7 Å². The summed E-state index contributed by atoms with van der Waals surface area (Å²) in [5.74, 6) is 2.50. The maximum Gasteiger partial charge on any atom is 0.230 e. The molecule has 27 heavy (non-hydrogen) atoms. The summed E-state index contributed by atoms with van der Waals surface area (Å²) in [5, 5.41) is 15.2. The highest BCUT2D eigenvalue weighted by molar-refractivity contribution is 7.17. The van der Waals surface area contributed by atoms with Crippen LogP contribution < -0.4 is 4.74 Å². The topological polar surface area (TPSA) is 62.9 Å². The lowest BCUT2D eigenvalue weighted by Gasteiger charge is -2.36. The molecule has 1 unspecified atom stereocenters. The first kappa shape index (κ1) is 18.3. The standard InChI is InChI=1S/C20H26N4O2S/c1-4-26-16-7-5-15(6-8-16)17(23-11-9-13(2)10-12-23)18-19(25)24-20(27-18)21-14(3)22-24/h5-8,13,17,25H,4,9-12H2,1-3H3. The van der Waals surface area contributed by atoms with Gasteiger partial charge in [-0.1, -0.05) is 30.4 Å². The molecule has 7 heteroatoms. The van der Waals surface area contributed by atoms with Crippen molar-refractivity contribution in [3.63, 3.8) is 0 Å². The number of rotatable bonds is 5. The third-order valence-electron chi connectivity index (χ3n) is 5.24. The van der Waals surface area contributed by atoms with Crippen LogP contribution in [0.3, 0.4) is 0 Å². The van der Waals surface area contributed by atoms with Crippen molar-refractivity contribution < 1.29 is 9.84 Å². The van der Waals surface area contributed by atoms with Crippen LogP contribution in [-0.2, 0) is 0 Å². The van der Waals surface area contributed by atoms with Gasteiger partial charge in [-0.15, -0.1) is 5.10 Å². The van der Waals surface area contributed by atoms with E-state index in [1.807, 2.05) is 26.0 Å². The largest absolute Gasteiger partial charge is 0.494 e. The number of thiazole rings is 1. The fourth-order valence-corrected chi connectivity index (χ4v) is 4.92. The lowest BCUT2D eigenvalue weighted by atomic mass is 9.95. The fraction of sp³-hybridized carbons (Fsp3) is 0.500. The second kappa shape index (κ2) is 7.48. The summed E-state index contributed by atoms with van der Waals surface area (Å²) in [6.07, 6.45) is 2.35. The van der Waals surface area contributed by atoms with Crippen LogP contribution in [0.5, 0.6) is 11.6 Å². The Balaban J connectivity index is 1.74. The molecule has 1 fully saturated rings. The average Bonchev–Trinajstić information content (AvgIpc) is 3.16. The van der Waals surface area contributed by atoms with Gasteiger partial charge in [0.15, 0.2) is 0 Å². The van der Waals surface area contributed by atoms with Crippen molar-refractivity contribution in [1.29, 1.82) is 0 Å². The van der Waals surface area contributed by atoms with Crippen molar-refractivity contribution in [1.82, 2.24) is 19.5 Å². The summed E-state index contributed by atoms with van der Waals surface area (Å²) in [4.78, 5) is 8.55. The zero-order chi connectivity index (χ0) is 19.0. The molecule has 1 aliphatic heterocycles. The van der Waals surface area contributed by atoms with E-state index < -0.39 is 0 Å². The van der Waals surface area contributed by atoms with Gasteiger partial charge in [-0.05, 0) is 63.4 Å². The van der Waals surface area contributed by atoms with Crippen molar-refractivity contribution in [3.8, 4) is 11.6 Å². The van der Waals surface area contributed by atoms with Crippen LogP contribution in [-0.4, -0.2) is 44.3 Å². The maximum atomic E-state index is 10.9. The molecule has 0 spiro atoms. The molecule has 4 rings (SSSR count). The second-order valence-electron chi connectivity index (χ2n) is 7.27. The molecule has 1 N–H and O–H groups in total. The van der Waals surface area contributed by atoms with Gasteiger partial charge in [0.05, 0.1) is 17.5 Å². The number of aromatic nitrogens is 3. The average molecular weight is 387 g/mol. The Kier molecular flexibility index (Phi) is 5.06. The first-order valence-electron chi connectivity index (χ1n) is 9.58. The Labute approximate surface area is 163 Å². The van der Waals surface area contributed by atoms with Gasteiger partial charge in [0.25, 0.3) is 0 Å². The van der Waals surface area contributed by atoms with Crippen LogP contribution >= 0.6 is 11.3 Å². The number of aromatic hydroxyl groups is 1. The minimum Gasteiger partial charge on any atom is -0.494 e. The predicted molar refractivity (Wildman–Crippen MR) is 107 cm³/mol. The summed E-state index contributed by atoms with van der Waals surface area (Å²) in [6.45, 7) is 8.83. The van der Waals surface area contributed by atoms with Crippen LogP contribution in [0, 0.1) is 12.8 Å². The minimum absolute atomic E-state index is 0.00184. The molecule has 0 radical (unpaired) electrons. The van der Waals surface area contributed by atoms with Crippen molar-refractivity contribution >= 4 is 16.3 Å². The summed E-state index contributed by atoms with van der Waals surface area (Å²) >= 11 is 1.52. The van der Waals surface area contributed by atoms with E-state index in [1.165, 1.54) is 24.2 Å². The van der Waals surface area contributed by atoms with Crippen molar-refractivity contribution in [2.24, 2.45) is 5.92 Å². The van der Waals surface area contributed by atoms with E-state index in [0.29, 0.717) is 12.4 Å². The number of likely N-dealkylation sites (tertiary alicyclic amines) is 1. The SMILES string of the molecule is CCOc1ccc(C(c2sc3nc(C)nn3c2O)N2CCC(C)CC2)cc1. The van der Waals surface area contributed by atoms with E-state index in [1.54, 1.807) is 4.52 Å². The zero-order valence-corrected chi connectivity index (χ0v) is 16.9. The number of nitrogens with zero attached hydrogens (tertiary/aromatic N) is 4. The van der Waals surface area contributed by atoms with Gasteiger partial charge in [0, 0.05) is 0 Å². The monoisotopic (exact) mass is 386 g/mol. The van der Waals surface area contributed by atoms with Gasteiger partial charge in [-0.25, -0.2) is 4.98 Å². The van der Waals surface area contributed by atoms with E-state index in [2.05, 4.69) is 34.0 Å². The van der Waals surface area contributed by atoms with E-state index in [9.17, 15) is 5.11 Å². The van der Waals surface area contributed by atoms with Gasteiger partial charge in [0.1, 0.15) is 11.6 Å². The minimum atomic E-state index is 0.00184. The first-order chi connectivity index (χ1) is 13.1. The Morgan fingerprint density at radius 1 is 1.26 bits per heavy atom. The highest BCUT2D eigenvalue weighted by Crippen LogP contribution is 2.41. The highest BCUT2D eigenvalue weighted by Gasteiger charge is 2.31. The van der Waals surface area contributed by atoms with Gasteiger partial charge >= 0.3 is 0 Å². The molecule has 0 aliphatic carbocycles. The third-order valence-corrected chi connectivity index (χ3v) is 6.32. The van der Waals surface area contributed by atoms with E-state index in [-0.39, 0.29) is 11.9 Å². The molecule has 1 aromatic carbocycles. The smallest absolute Gasteiger partial charge is 0.230 e. The molecule has 1 saturated heterocycles. The number of piperidine rings is 1. The summed E-state index contributed by atoms with van der Waals surface area (Å²) in [5.41, 5.74) is 1.16. The van der Waals surface area contributed by atoms with Crippen molar-refractivity contribution in [3.05, 3.63) is 40.5 Å². The second-order valence-corrected chi connectivity index (χ2v) is 8.28. The van der Waals surface area contributed by atoms with Crippen LogP contribution in [0.25, 0.3) is 4.96 Å². The number of fused-ring (bicyclic) bond motifs is 1. The summed E-state index contributed by atoms with van der Waals surface area (Å²) in [6, 6.07) is 8.23. The Morgan fingerprint density at radius 3 is 2.59 bits per heavy atom. The molecule has 0 saturated carbocycles. The summed E-state index contributed by atoms with van der Waals surface area (Å²) in [7, 11) is 0. The summed E-state index contributed by atoms with van der Waals surface area (Å²) < 4.78 is 7.15. The quantitative estimate of drug-likeness (QED) is 0.717. The zero-order valence-electron chi connectivity index (χ0n) is 16.1. The molecule has 6 nitrogen and oxygen atoms in total. The molecule has 144 valence electrons. The van der Waals surface area contributed by atoms with Crippen LogP contribution in [0.4, 0.5) is 0 Å². The first-order valence-corrected chi connectivity index (χ1v) is 10.4. The number of hydrogen-bond acceptors (Lipinski definition) is 6. The Hall–Kier alpha value is -2.12. The van der Waals surface area contributed by atoms with Crippen LogP contribution in [0.15, 0.2) is 24.3 Å². The fourth-order valence-electron chi connectivity index (χ4n) is 3.75. The molecule has 1 atom stereocenters. The molecule has 0 bridgehead atoms. The third kappa shape index (κ3) is 3.53. The number of ether oxygens (including phenoxy) is 1. The molecule has 1 aliphatic rings. The lowest BCUT2D eigenvalue weighted by molar-refractivity contribution is 0.157. The molecular formula is C20H26N4O2S. The predicted octanol–water partition coefficient (Wildman–Crippen LogP) is 4.02. The lowest BCUT2D eigenvalue weighted by Crippen LogP contribution is -2.36. The molecule has 3 heterocycles. The van der Waals surface area contributed by atoms with Gasteiger partial charge < -0.3 is 9.84 Å². The van der Waals surface area contributed by atoms with Crippen molar-refractivity contribution in [2.45, 2.75) is 39.7 Å². The van der Waals surface area contributed by atoms with E-state index in [0.717, 1.165) is 40.2 Å². The molecular weight excluding hydrogens is 360 g/mol. The number of aryl methyl sites for hydroxylation is 1. The van der Waals surface area contributed by atoms with Gasteiger partial charge in [-0.3, -0.25) is 4.90 Å². The van der Waals surface area contributed by atoms with Crippen LogP contribution in [0.1, 0.15) is 49.0 Å². The Morgan fingerprint density at radius 2 is 1.96 bits per heavy atom. The Bertz CT molecular complexity index is 910. The molecule has 2 aromatic heterocycles. The van der Waals surface area contributed by atoms with Crippen LogP contribution in [0.2, 0.25) is 0 Å². The van der Waals surface area contributed by atoms with Gasteiger partial charge in [0.2, 0.25) is 10.8 Å². The number of benzene rings is 1. The molecule has 3 aromatic rings. The molecule has 0 amide bonds. The van der Waals surface area contributed by atoms with E-state index >= 15 is 0 Å². The van der Waals surface area contributed by atoms with Gasteiger partial charge in [-0.2, -0.15) is 4.52 Å². The number of hydrogen-bond donors (Lipinski definition) is 1.